The van der Waals surface area contributed by atoms with E-state index in [-0.39, 0.29) is 10.9 Å². The number of nitrogens with one attached hydrogen (secondary N) is 1. The Balaban J connectivity index is 2.41. The molecule has 0 aromatic heterocycles. The van der Waals surface area contributed by atoms with Crippen LogP contribution in [-0.2, 0) is 4.79 Å². The SMILES string of the molecule is CN(C)C1=C(Cl)C(=O)NC1=Nc1ccccc1. The molecule has 0 fully saturated rings. The van der Waals surface area contributed by atoms with Crippen LogP contribution in [0.2, 0.25) is 0 Å². The van der Waals surface area contributed by atoms with Crippen molar-refractivity contribution in [3.63, 3.8) is 0 Å². The molecule has 0 spiro atoms. The number of hydrogen-bond donors (Lipinski definition) is 1. The summed E-state index contributed by atoms with van der Waals surface area (Å²) in [6.45, 7) is 0. The van der Waals surface area contributed by atoms with Crippen LogP contribution >= 0.6 is 11.6 Å². The highest BCUT2D eigenvalue weighted by atomic mass is 35.5. The van der Waals surface area contributed by atoms with Gasteiger partial charge in [-0.05, 0) is 12.1 Å². The highest BCUT2D eigenvalue weighted by molar-refractivity contribution is 6.48. The maximum atomic E-state index is 11.5. The Labute approximate surface area is 105 Å². The van der Waals surface area contributed by atoms with Crippen LogP contribution in [0.4, 0.5) is 5.69 Å². The summed E-state index contributed by atoms with van der Waals surface area (Å²) in [4.78, 5) is 17.6. The maximum absolute atomic E-state index is 11.5. The van der Waals surface area contributed by atoms with E-state index in [1.54, 1.807) is 4.90 Å². The molecule has 2 rings (SSSR count). The lowest BCUT2D eigenvalue weighted by Crippen LogP contribution is -2.27. The number of carbonyl (C=O) groups is 1. The molecule has 0 saturated carbocycles. The van der Waals surface area contributed by atoms with Crippen molar-refractivity contribution in [1.29, 1.82) is 0 Å². The minimum Gasteiger partial charge on any atom is -0.373 e. The van der Waals surface area contributed by atoms with Gasteiger partial charge in [0.1, 0.15) is 10.7 Å². The molecule has 0 unspecified atom stereocenters. The number of nitrogens with zero attached hydrogens (tertiary/aromatic N) is 2. The largest absolute Gasteiger partial charge is 0.373 e. The topological polar surface area (TPSA) is 44.7 Å². The van der Waals surface area contributed by atoms with Crippen LogP contribution in [0.3, 0.4) is 0 Å². The van der Waals surface area contributed by atoms with Crippen molar-refractivity contribution in [2.75, 3.05) is 14.1 Å². The summed E-state index contributed by atoms with van der Waals surface area (Å²) < 4.78 is 0. The number of likely N-dealkylation sites (N-methyl/N-ethyl adjacent to an activating group) is 1. The van der Waals surface area contributed by atoms with Crippen LogP contribution in [0.5, 0.6) is 0 Å². The van der Waals surface area contributed by atoms with Crippen molar-refractivity contribution in [2.45, 2.75) is 0 Å². The molecule has 0 atom stereocenters. The molecular formula is C12H12ClN3O. The Hall–Kier alpha value is -1.81. The lowest BCUT2D eigenvalue weighted by atomic mass is 10.3. The zero-order valence-corrected chi connectivity index (χ0v) is 10.3. The van der Waals surface area contributed by atoms with Crippen LogP contribution in [0.25, 0.3) is 0 Å². The van der Waals surface area contributed by atoms with E-state index in [2.05, 4.69) is 10.3 Å². The summed E-state index contributed by atoms with van der Waals surface area (Å²) in [6, 6.07) is 9.40. The summed E-state index contributed by atoms with van der Waals surface area (Å²) in [6.07, 6.45) is 0. The zero-order valence-electron chi connectivity index (χ0n) is 9.57. The Morgan fingerprint density at radius 1 is 1.24 bits per heavy atom. The fourth-order valence-electron chi connectivity index (χ4n) is 1.55. The monoisotopic (exact) mass is 249 g/mol. The van der Waals surface area contributed by atoms with Crippen molar-refractivity contribution in [2.24, 2.45) is 4.99 Å². The van der Waals surface area contributed by atoms with Gasteiger partial charge in [-0.15, -0.1) is 0 Å². The fourth-order valence-corrected chi connectivity index (χ4v) is 1.86. The Morgan fingerprint density at radius 3 is 2.47 bits per heavy atom. The number of carbonyl (C=O) groups excluding carboxylic acids is 1. The minimum absolute atomic E-state index is 0.171. The molecule has 0 saturated heterocycles. The van der Waals surface area contributed by atoms with Crippen molar-refractivity contribution in [3.8, 4) is 0 Å². The molecule has 1 aromatic carbocycles. The number of aliphatic imine (C=N–C) groups is 1. The van der Waals surface area contributed by atoms with E-state index in [1.807, 2.05) is 44.4 Å². The highest BCUT2D eigenvalue weighted by Crippen LogP contribution is 2.21. The first-order chi connectivity index (χ1) is 8.09. The third kappa shape index (κ3) is 2.31. The minimum atomic E-state index is -0.315. The van der Waals surface area contributed by atoms with Gasteiger partial charge in [-0.1, -0.05) is 29.8 Å². The van der Waals surface area contributed by atoms with Crippen LogP contribution in [-0.4, -0.2) is 30.7 Å². The molecule has 17 heavy (non-hydrogen) atoms. The van der Waals surface area contributed by atoms with E-state index in [1.165, 1.54) is 0 Å². The standard InChI is InChI=1S/C12H12ClN3O/c1-16(2)10-9(13)12(17)15-11(10)14-8-6-4-3-5-7-8/h3-7H,1-2H3,(H,14,15,17). The van der Waals surface area contributed by atoms with Crippen LogP contribution in [0, 0.1) is 0 Å². The summed E-state index contributed by atoms with van der Waals surface area (Å²) in [7, 11) is 3.64. The predicted octanol–water partition coefficient (Wildman–Crippen LogP) is 1.86. The van der Waals surface area contributed by atoms with Crippen LogP contribution in [0.1, 0.15) is 0 Å². The average molecular weight is 250 g/mol. The molecule has 5 heteroatoms. The van der Waals surface area contributed by atoms with Crippen LogP contribution < -0.4 is 5.32 Å². The van der Waals surface area contributed by atoms with E-state index >= 15 is 0 Å². The van der Waals surface area contributed by atoms with Gasteiger partial charge in [0.2, 0.25) is 0 Å². The summed E-state index contributed by atoms with van der Waals surface area (Å²) >= 11 is 5.93. The van der Waals surface area contributed by atoms with E-state index in [9.17, 15) is 4.79 Å². The third-order valence-corrected chi connectivity index (χ3v) is 2.66. The fraction of sp³-hybridized carbons (Fsp3) is 0.167. The van der Waals surface area contributed by atoms with Gasteiger partial charge in [0.05, 0.1) is 5.69 Å². The summed E-state index contributed by atoms with van der Waals surface area (Å²) in [5.41, 5.74) is 1.38. The molecule has 1 N–H and O–H groups in total. The molecule has 0 bridgehead atoms. The zero-order chi connectivity index (χ0) is 12.4. The van der Waals surface area contributed by atoms with Gasteiger partial charge in [-0.3, -0.25) is 4.79 Å². The van der Waals surface area contributed by atoms with Crippen molar-refractivity contribution >= 4 is 29.0 Å². The Kier molecular flexibility index (Phi) is 3.15. The second-order valence-electron chi connectivity index (χ2n) is 3.81. The van der Waals surface area contributed by atoms with E-state index in [4.69, 9.17) is 11.6 Å². The number of hydrogen-bond acceptors (Lipinski definition) is 3. The lowest BCUT2D eigenvalue weighted by Gasteiger charge is -2.13. The highest BCUT2D eigenvalue weighted by Gasteiger charge is 2.28. The van der Waals surface area contributed by atoms with Crippen molar-refractivity contribution in [3.05, 3.63) is 41.1 Å². The molecule has 1 aliphatic heterocycles. The first-order valence-corrected chi connectivity index (χ1v) is 5.50. The number of halogens is 1. The maximum Gasteiger partial charge on any atom is 0.270 e. The smallest absolute Gasteiger partial charge is 0.270 e. The Bertz CT molecular complexity index is 506. The quantitative estimate of drug-likeness (QED) is 0.870. The van der Waals surface area contributed by atoms with Gasteiger partial charge in [0, 0.05) is 14.1 Å². The summed E-state index contributed by atoms with van der Waals surface area (Å²) in [5.74, 6) is 0.168. The molecule has 1 heterocycles. The van der Waals surface area contributed by atoms with Crippen molar-refractivity contribution in [1.82, 2.24) is 10.2 Å². The molecule has 88 valence electrons. The normalized spacial score (nSPS) is 17.6. The van der Waals surface area contributed by atoms with Crippen LogP contribution in [0.15, 0.2) is 46.1 Å². The second-order valence-corrected chi connectivity index (χ2v) is 4.19. The number of benzene rings is 1. The van der Waals surface area contributed by atoms with E-state index in [0.29, 0.717) is 11.5 Å². The molecule has 4 nitrogen and oxygen atoms in total. The first kappa shape index (κ1) is 11.7. The predicted molar refractivity (Wildman–Crippen MR) is 68.2 cm³/mol. The second kappa shape index (κ2) is 4.59. The molecule has 1 aliphatic rings. The molecule has 1 amide bonds. The summed E-state index contributed by atoms with van der Waals surface area (Å²) in [5, 5.41) is 2.82. The van der Waals surface area contributed by atoms with Crippen molar-refractivity contribution < 1.29 is 4.79 Å². The van der Waals surface area contributed by atoms with Gasteiger partial charge >= 0.3 is 0 Å². The van der Waals surface area contributed by atoms with Gasteiger partial charge in [-0.2, -0.15) is 0 Å². The van der Waals surface area contributed by atoms with Gasteiger partial charge in [0.15, 0.2) is 5.84 Å². The molecule has 0 aliphatic carbocycles. The third-order valence-electron chi connectivity index (χ3n) is 2.31. The molecular weight excluding hydrogens is 238 g/mol. The van der Waals surface area contributed by atoms with Gasteiger partial charge < -0.3 is 10.2 Å². The first-order valence-electron chi connectivity index (χ1n) is 5.12. The van der Waals surface area contributed by atoms with E-state index in [0.717, 1.165) is 5.69 Å². The Morgan fingerprint density at radius 2 is 1.88 bits per heavy atom. The van der Waals surface area contributed by atoms with E-state index < -0.39 is 0 Å². The molecule has 0 radical (unpaired) electrons. The number of amides is 1. The van der Waals surface area contributed by atoms with Gasteiger partial charge in [0.25, 0.3) is 5.91 Å². The number of amidine groups is 1. The number of rotatable bonds is 2. The van der Waals surface area contributed by atoms with Gasteiger partial charge in [-0.25, -0.2) is 4.99 Å². The number of para-hydroxylation sites is 1. The lowest BCUT2D eigenvalue weighted by molar-refractivity contribution is -0.115. The average Bonchev–Trinajstić information content (AvgIpc) is 2.56. The molecule has 1 aromatic rings.